The predicted octanol–water partition coefficient (Wildman–Crippen LogP) is 2.62. The minimum absolute atomic E-state index is 0.162. The van der Waals surface area contributed by atoms with Gasteiger partial charge in [-0.15, -0.1) is 0 Å². The number of benzene rings is 1. The van der Waals surface area contributed by atoms with E-state index in [0.717, 1.165) is 49.8 Å². The van der Waals surface area contributed by atoms with Gasteiger partial charge in [-0.2, -0.15) is 0 Å². The molecular formula is C16H24FN3S. The van der Waals surface area contributed by atoms with Crippen molar-refractivity contribution in [1.29, 1.82) is 0 Å². The van der Waals surface area contributed by atoms with Crippen LogP contribution in [-0.2, 0) is 6.54 Å². The molecule has 0 bridgehead atoms. The van der Waals surface area contributed by atoms with Gasteiger partial charge in [-0.25, -0.2) is 4.39 Å². The quantitative estimate of drug-likeness (QED) is 0.862. The average Bonchev–Trinajstić information content (AvgIpc) is 2.47. The van der Waals surface area contributed by atoms with Crippen LogP contribution in [0.5, 0.6) is 0 Å². The average molecular weight is 309 g/mol. The fourth-order valence-electron chi connectivity index (χ4n) is 2.41. The molecule has 1 heterocycles. The number of thiocarbonyl (C=S) groups is 1. The highest BCUT2D eigenvalue weighted by molar-refractivity contribution is 7.80. The van der Waals surface area contributed by atoms with E-state index in [0.29, 0.717) is 6.04 Å². The Morgan fingerprint density at radius 2 is 2.05 bits per heavy atom. The second-order valence-electron chi connectivity index (χ2n) is 5.65. The summed E-state index contributed by atoms with van der Waals surface area (Å²) in [6.07, 6.45) is 1.07. The Balaban J connectivity index is 1.79. The molecule has 1 unspecified atom stereocenters. The lowest BCUT2D eigenvalue weighted by atomic mass is 10.2. The molecular weight excluding hydrogens is 285 g/mol. The van der Waals surface area contributed by atoms with Crippen molar-refractivity contribution in [3.8, 4) is 0 Å². The van der Waals surface area contributed by atoms with Crippen molar-refractivity contribution in [1.82, 2.24) is 15.1 Å². The monoisotopic (exact) mass is 309 g/mol. The van der Waals surface area contributed by atoms with Gasteiger partial charge in [0.25, 0.3) is 0 Å². The molecule has 5 heteroatoms. The van der Waals surface area contributed by atoms with Gasteiger partial charge in [0.2, 0.25) is 0 Å². The molecule has 0 saturated carbocycles. The third-order valence-corrected chi connectivity index (χ3v) is 4.31. The lowest BCUT2D eigenvalue weighted by molar-refractivity contribution is 0.174. The van der Waals surface area contributed by atoms with E-state index in [1.165, 1.54) is 6.07 Å². The molecule has 0 radical (unpaired) electrons. The molecule has 1 N–H and O–H groups in total. The lowest BCUT2D eigenvalue weighted by Gasteiger charge is -2.36. The molecule has 0 amide bonds. The Morgan fingerprint density at radius 1 is 1.33 bits per heavy atom. The van der Waals surface area contributed by atoms with Gasteiger partial charge in [0.15, 0.2) is 5.11 Å². The van der Waals surface area contributed by atoms with Crippen molar-refractivity contribution >= 4 is 17.3 Å². The van der Waals surface area contributed by atoms with Crippen molar-refractivity contribution in [2.75, 3.05) is 26.2 Å². The number of halogens is 1. The van der Waals surface area contributed by atoms with Gasteiger partial charge in [0, 0.05) is 38.8 Å². The number of nitrogens with one attached hydrogen (secondary N) is 1. The Bertz CT molecular complexity index is 472. The van der Waals surface area contributed by atoms with Crippen LogP contribution in [0.4, 0.5) is 4.39 Å². The fraction of sp³-hybridized carbons (Fsp3) is 0.562. The van der Waals surface area contributed by atoms with E-state index in [1.54, 1.807) is 12.1 Å². The minimum Gasteiger partial charge on any atom is -0.360 e. The number of nitrogens with zero attached hydrogens (tertiary/aromatic N) is 2. The molecule has 1 aromatic rings. The highest BCUT2D eigenvalue weighted by Crippen LogP contribution is 2.10. The van der Waals surface area contributed by atoms with Crippen molar-refractivity contribution in [3.63, 3.8) is 0 Å². The largest absolute Gasteiger partial charge is 0.360 e. The van der Waals surface area contributed by atoms with Gasteiger partial charge in [0.1, 0.15) is 5.82 Å². The third-order valence-electron chi connectivity index (χ3n) is 3.94. The van der Waals surface area contributed by atoms with Crippen LogP contribution in [0.25, 0.3) is 0 Å². The Morgan fingerprint density at radius 3 is 2.67 bits per heavy atom. The summed E-state index contributed by atoms with van der Waals surface area (Å²) in [4.78, 5) is 4.57. The smallest absolute Gasteiger partial charge is 0.169 e. The standard InChI is InChI=1S/C16H24FN3S/c1-3-13(2)18-16(21)20-9-7-19(8-10-20)12-14-5-4-6-15(17)11-14/h4-6,11,13H,3,7-10,12H2,1-2H3,(H,18,21). The second kappa shape index (κ2) is 7.71. The maximum Gasteiger partial charge on any atom is 0.169 e. The number of piperazine rings is 1. The van der Waals surface area contributed by atoms with E-state index in [-0.39, 0.29) is 5.82 Å². The van der Waals surface area contributed by atoms with Gasteiger partial charge >= 0.3 is 0 Å². The Labute approximate surface area is 132 Å². The zero-order chi connectivity index (χ0) is 15.2. The van der Waals surface area contributed by atoms with Crippen molar-refractivity contribution < 1.29 is 4.39 Å². The molecule has 0 spiro atoms. The molecule has 2 rings (SSSR count). The number of rotatable bonds is 4. The Hall–Kier alpha value is -1.20. The normalized spacial score (nSPS) is 17.6. The van der Waals surface area contributed by atoms with Crippen molar-refractivity contribution in [2.45, 2.75) is 32.9 Å². The van der Waals surface area contributed by atoms with E-state index in [2.05, 4.69) is 29.0 Å². The first-order valence-corrected chi connectivity index (χ1v) is 8.01. The first-order chi connectivity index (χ1) is 10.1. The zero-order valence-electron chi connectivity index (χ0n) is 12.8. The SMILES string of the molecule is CCC(C)NC(=S)N1CCN(Cc2cccc(F)c2)CC1. The topological polar surface area (TPSA) is 18.5 Å². The summed E-state index contributed by atoms with van der Waals surface area (Å²) in [7, 11) is 0. The fourth-order valence-corrected chi connectivity index (χ4v) is 2.79. The zero-order valence-corrected chi connectivity index (χ0v) is 13.6. The van der Waals surface area contributed by atoms with E-state index in [4.69, 9.17) is 12.2 Å². The summed E-state index contributed by atoms with van der Waals surface area (Å²) in [6.45, 7) is 8.87. The minimum atomic E-state index is -0.162. The van der Waals surface area contributed by atoms with E-state index in [9.17, 15) is 4.39 Å². The van der Waals surface area contributed by atoms with Crippen LogP contribution in [0.3, 0.4) is 0 Å². The van der Waals surface area contributed by atoms with E-state index < -0.39 is 0 Å². The highest BCUT2D eigenvalue weighted by Gasteiger charge is 2.19. The van der Waals surface area contributed by atoms with Crippen LogP contribution >= 0.6 is 12.2 Å². The number of hydrogen-bond donors (Lipinski definition) is 1. The van der Waals surface area contributed by atoms with Crippen LogP contribution in [0.2, 0.25) is 0 Å². The van der Waals surface area contributed by atoms with E-state index in [1.807, 2.05) is 6.07 Å². The molecule has 1 fully saturated rings. The van der Waals surface area contributed by atoms with Gasteiger partial charge in [-0.1, -0.05) is 19.1 Å². The molecule has 0 aromatic heterocycles. The van der Waals surface area contributed by atoms with Crippen LogP contribution in [0.15, 0.2) is 24.3 Å². The maximum absolute atomic E-state index is 13.2. The highest BCUT2D eigenvalue weighted by atomic mass is 32.1. The van der Waals surface area contributed by atoms with Crippen molar-refractivity contribution in [3.05, 3.63) is 35.6 Å². The van der Waals surface area contributed by atoms with Gasteiger partial charge in [-0.3, -0.25) is 4.90 Å². The first-order valence-electron chi connectivity index (χ1n) is 7.60. The van der Waals surface area contributed by atoms with Gasteiger partial charge < -0.3 is 10.2 Å². The first kappa shape index (κ1) is 16.2. The van der Waals surface area contributed by atoms with Crippen LogP contribution < -0.4 is 5.32 Å². The molecule has 1 aromatic carbocycles. The summed E-state index contributed by atoms with van der Waals surface area (Å²) in [5.41, 5.74) is 1.03. The van der Waals surface area contributed by atoms with Gasteiger partial charge in [0.05, 0.1) is 0 Å². The maximum atomic E-state index is 13.2. The van der Waals surface area contributed by atoms with Crippen LogP contribution in [0, 0.1) is 5.82 Å². The molecule has 1 atom stereocenters. The molecule has 0 aliphatic carbocycles. The second-order valence-corrected chi connectivity index (χ2v) is 6.04. The summed E-state index contributed by atoms with van der Waals surface area (Å²) >= 11 is 5.45. The predicted molar refractivity (Wildman–Crippen MR) is 88.7 cm³/mol. The molecule has 3 nitrogen and oxygen atoms in total. The van der Waals surface area contributed by atoms with Crippen molar-refractivity contribution in [2.24, 2.45) is 0 Å². The summed E-state index contributed by atoms with van der Waals surface area (Å²) in [5.74, 6) is -0.162. The molecule has 21 heavy (non-hydrogen) atoms. The third kappa shape index (κ3) is 4.93. The molecule has 1 saturated heterocycles. The van der Waals surface area contributed by atoms with E-state index >= 15 is 0 Å². The molecule has 1 aliphatic heterocycles. The summed E-state index contributed by atoms with van der Waals surface area (Å²) in [5, 5.41) is 4.22. The van der Waals surface area contributed by atoms with Gasteiger partial charge in [-0.05, 0) is 43.3 Å². The molecule has 116 valence electrons. The lowest BCUT2D eigenvalue weighted by Crippen LogP contribution is -2.52. The number of hydrogen-bond acceptors (Lipinski definition) is 2. The Kier molecular flexibility index (Phi) is 5.94. The molecule has 1 aliphatic rings. The summed E-state index contributed by atoms with van der Waals surface area (Å²) in [6, 6.07) is 7.27. The van der Waals surface area contributed by atoms with Crippen LogP contribution in [0.1, 0.15) is 25.8 Å². The summed E-state index contributed by atoms with van der Waals surface area (Å²) < 4.78 is 13.2. The van der Waals surface area contributed by atoms with Crippen LogP contribution in [-0.4, -0.2) is 47.1 Å².